The van der Waals surface area contributed by atoms with Gasteiger partial charge in [-0.15, -0.1) is 0 Å². The zero-order chi connectivity index (χ0) is 18.1. The lowest BCUT2D eigenvalue weighted by Crippen LogP contribution is -2.33. The first-order valence-electron chi connectivity index (χ1n) is 7.86. The fourth-order valence-electron chi connectivity index (χ4n) is 2.73. The Balaban J connectivity index is 1.81. The lowest BCUT2D eigenvalue weighted by molar-refractivity contribution is -0.141. The monoisotopic (exact) mass is 360 g/mol. The molecule has 1 fully saturated rings. The molecule has 0 spiro atoms. The van der Waals surface area contributed by atoms with Gasteiger partial charge in [-0.2, -0.15) is 0 Å². The Morgan fingerprint density at radius 2 is 1.76 bits per heavy atom. The number of rotatable bonds is 4. The van der Waals surface area contributed by atoms with Crippen molar-refractivity contribution in [3.05, 3.63) is 54.1 Å². The SMILES string of the molecule is CC(C)N1CC(c2ccc(S(=O)c3ccc(F)cc3)cn2)C(=O)C1=O. The second-order valence-corrected chi connectivity index (χ2v) is 7.59. The molecule has 3 rings (SSSR count). The van der Waals surface area contributed by atoms with Crippen LogP contribution in [0.1, 0.15) is 25.5 Å². The van der Waals surface area contributed by atoms with Gasteiger partial charge in [-0.3, -0.25) is 14.6 Å². The molecule has 2 heterocycles. The van der Waals surface area contributed by atoms with E-state index in [0.29, 0.717) is 22.0 Å². The molecule has 1 amide bonds. The Morgan fingerprint density at radius 3 is 2.28 bits per heavy atom. The van der Waals surface area contributed by atoms with E-state index >= 15 is 0 Å². The number of likely N-dealkylation sites (tertiary alicyclic amines) is 1. The summed E-state index contributed by atoms with van der Waals surface area (Å²) >= 11 is 0. The van der Waals surface area contributed by atoms with Gasteiger partial charge in [0.1, 0.15) is 5.82 Å². The van der Waals surface area contributed by atoms with Gasteiger partial charge in [0.15, 0.2) is 0 Å². The maximum absolute atomic E-state index is 13.0. The van der Waals surface area contributed by atoms with E-state index in [1.54, 1.807) is 12.1 Å². The van der Waals surface area contributed by atoms with Crippen LogP contribution < -0.4 is 0 Å². The first kappa shape index (κ1) is 17.4. The van der Waals surface area contributed by atoms with Crippen molar-refractivity contribution in [2.75, 3.05) is 6.54 Å². The van der Waals surface area contributed by atoms with E-state index in [4.69, 9.17) is 0 Å². The zero-order valence-electron chi connectivity index (χ0n) is 13.8. The summed E-state index contributed by atoms with van der Waals surface area (Å²) in [5, 5.41) is 0. The van der Waals surface area contributed by atoms with Crippen LogP contribution in [-0.2, 0) is 20.4 Å². The smallest absolute Gasteiger partial charge is 0.290 e. The molecule has 25 heavy (non-hydrogen) atoms. The molecular formula is C18H17FN2O3S. The number of hydrogen-bond acceptors (Lipinski definition) is 4. The predicted octanol–water partition coefficient (Wildman–Crippen LogP) is 2.29. The van der Waals surface area contributed by atoms with E-state index in [2.05, 4.69) is 4.98 Å². The predicted molar refractivity (Wildman–Crippen MR) is 89.9 cm³/mol. The van der Waals surface area contributed by atoms with Gasteiger partial charge in [-0.25, -0.2) is 8.60 Å². The molecule has 1 aromatic heterocycles. The van der Waals surface area contributed by atoms with Gasteiger partial charge in [-0.1, -0.05) is 0 Å². The van der Waals surface area contributed by atoms with Gasteiger partial charge in [0.25, 0.3) is 5.91 Å². The summed E-state index contributed by atoms with van der Waals surface area (Å²) in [7, 11) is -1.49. The van der Waals surface area contributed by atoms with Gasteiger partial charge in [0.2, 0.25) is 5.78 Å². The van der Waals surface area contributed by atoms with Gasteiger partial charge < -0.3 is 4.90 Å². The first-order valence-corrected chi connectivity index (χ1v) is 9.01. The molecule has 7 heteroatoms. The zero-order valence-corrected chi connectivity index (χ0v) is 14.6. The van der Waals surface area contributed by atoms with Crippen molar-refractivity contribution in [1.29, 1.82) is 0 Å². The number of carbonyl (C=O) groups is 2. The molecule has 0 saturated carbocycles. The number of Topliss-reactive ketones (excluding diaryl/α,β-unsaturated/α-hetero) is 1. The average Bonchev–Trinajstić information content (AvgIpc) is 2.91. The molecule has 2 aromatic rings. The van der Waals surface area contributed by atoms with Crippen LogP contribution in [0.15, 0.2) is 52.4 Å². The van der Waals surface area contributed by atoms with Gasteiger partial charge in [0, 0.05) is 23.7 Å². The van der Waals surface area contributed by atoms with Crippen molar-refractivity contribution < 1.29 is 18.2 Å². The van der Waals surface area contributed by atoms with Crippen molar-refractivity contribution in [2.45, 2.75) is 35.6 Å². The van der Waals surface area contributed by atoms with Crippen LogP contribution in [0, 0.1) is 5.82 Å². The molecule has 1 aliphatic heterocycles. The standard InChI is InChI=1S/C18H17FN2O3S/c1-11(2)21-10-15(17(22)18(21)23)16-8-7-14(9-20-16)25(24)13-5-3-12(19)4-6-13/h3-9,11,15H,10H2,1-2H3. The molecule has 2 unspecified atom stereocenters. The quantitative estimate of drug-likeness (QED) is 0.785. The summed E-state index contributed by atoms with van der Waals surface area (Å²) in [6.07, 6.45) is 1.44. The molecule has 1 aromatic carbocycles. The molecule has 0 radical (unpaired) electrons. The molecule has 0 N–H and O–H groups in total. The number of benzene rings is 1. The van der Waals surface area contributed by atoms with E-state index in [1.165, 1.54) is 35.4 Å². The van der Waals surface area contributed by atoms with Crippen LogP contribution >= 0.6 is 0 Å². The average molecular weight is 360 g/mol. The molecule has 130 valence electrons. The highest BCUT2D eigenvalue weighted by molar-refractivity contribution is 7.85. The highest BCUT2D eigenvalue weighted by Gasteiger charge is 2.41. The van der Waals surface area contributed by atoms with E-state index in [-0.39, 0.29) is 6.04 Å². The van der Waals surface area contributed by atoms with Gasteiger partial charge in [-0.05, 0) is 50.2 Å². The molecule has 2 atom stereocenters. The second-order valence-electron chi connectivity index (χ2n) is 6.11. The van der Waals surface area contributed by atoms with E-state index in [9.17, 15) is 18.2 Å². The largest absolute Gasteiger partial charge is 0.333 e. The molecule has 5 nitrogen and oxygen atoms in total. The fourth-order valence-corrected chi connectivity index (χ4v) is 3.72. The number of carbonyl (C=O) groups excluding carboxylic acids is 2. The Hall–Kier alpha value is -2.41. The Kier molecular flexibility index (Phi) is 4.76. The van der Waals surface area contributed by atoms with E-state index in [1.807, 2.05) is 13.8 Å². The van der Waals surface area contributed by atoms with Crippen LogP contribution in [0.4, 0.5) is 4.39 Å². The van der Waals surface area contributed by atoms with E-state index < -0.39 is 34.2 Å². The van der Waals surface area contributed by atoms with Gasteiger partial charge in [0.05, 0.1) is 27.3 Å². The minimum atomic E-state index is -1.49. The van der Waals surface area contributed by atoms with Crippen LogP contribution in [-0.4, -0.2) is 38.4 Å². The summed E-state index contributed by atoms with van der Waals surface area (Å²) in [4.78, 5) is 30.8. The highest BCUT2D eigenvalue weighted by Crippen LogP contribution is 2.26. The van der Waals surface area contributed by atoms with Crippen LogP contribution in [0.2, 0.25) is 0 Å². The number of aromatic nitrogens is 1. The fraction of sp³-hybridized carbons (Fsp3) is 0.278. The van der Waals surface area contributed by atoms with E-state index in [0.717, 1.165) is 0 Å². The molecule has 1 saturated heterocycles. The first-order chi connectivity index (χ1) is 11.9. The second kappa shape index (κ2) is 6.84. The molecule has 0 bridgehead atoms. The Bertz CT molecular complexity index is 834. The topological polar surface area (TPSA) is 67.3 Å². The summed E-state index contributed by atoms with van der Waals surface area (Å²) in [6.45, 7) is 4.02. The lowest BCUT2D eigenvalue weighted by atomic mass is 10.0. The summed E-state index contributed by atoms with van der Waals surface area (Å²) in [5.74, 6) is -1.94. The number of nitrogens with zero attached hydrogens (tertiary/aromatic N) is 2. The normalized spacial score (nSPS) is 18.9. The molecule has 1 aliphatic rings. The Morgan fingerprint density at radius 1 is 1.12 bits per heavy atom. The minimum absolute atomic E-state index is 0.0493. The van der Waals surface area contributed by atoms with Crippen LogP contribution in [0.25, 0.3) is 0 Å². The molecule has 0 aliphatic carbocycles. The number of ketones is 1. The van der Waals surface area contributed by atoms with Crippen LogP contribution in [0.3, 0.4) is 0 Å². The summed E-state index contributed by atoms with van der Waals surface area (Å²) < 4.78 is 25.4. The Labute approximate surface area is 147 Å². The third-order valence-electron chi connectivity index (χ3n) is 4.15. The summed E-state index contributed by atoms with van der Waals surface area (Å²) in [6, 6.07) is 8.61. The summed E-state index contributed by atoms with van der Waals surface area (Å²) in [5.41, 5.74) is 0.487. The number of hydrogen-bond donors (Lipinski definition) is 0. The lowest BCUT2D eigenvalue weighted by Gasteiger charge is -2.19. The molecular weight excluding hydrogens is 343 g/mol. The maximum atomic E-state index is 13.0. The van der Waals surface area contributed by atoms with Crippen molar-refractivity contribution >= 4 is 22.5 Å². The van der Waals surface area contributed by atoms with Gasteiger partial charge >= 0.3 is 0 Å². The number of amides is 1. The highest BCUT2D eigenvalue weighted by atomic mass is 32.2. The minimum Gasteiger partial charge on any atom is -0.333 e. The van der Waals surface area contributed by atoms with Crippen molar-refractivity contribution in [1.82, 2.24) is 9.88 Å². The van der Waals surface area contributed by atoms with Crippen molar-refractivity contribution in [2.24, 2.45) is 0 Å². The maximum Gasteiger partial charge on any atom is 0.290 e. The number of halogens is 1. The van der Waals surface area contributed by atoms with Crippen LogP contribution in [0.5, 0.6) is 0 Å². The number of pyridine rings is 1. The third kappa shape index (κ3) is 3.37. The van der Waals surface area contributed by atoms with Crippen molar-refractivity contribution in [3.8, 4) is 0 Å². The van der Waals surface area contributed by atoms with Crippen molar-refractivity contribution in [3.63, 3.8) is 0 Å². The third-order valence-corrected chi connectivity index (χ3v) is 5.52.